The molecule has 1 aliphatic heterocycles. The molecule has 19 heavy (non-hydrogen) atoms. The van der Waals surface area contributed by atoms with Gasteiger partial charge in [0, 0.05) is 43.1 Å². The van der Waals surface area contributed by atoms with Crippen LogP contribution in [0.2, 0.25) is 0 Å². The Kier molecular flexibility index (Phi) is 9.30. The minimum atomic E-state index is 0. The number of nitriles is 2. The van der Waals surface area contributed by atoms with Gasteiger partial charge in [-0.2, -0.15) is 10.5 Å². The van der Waals surface area contributed by atoms with Crippen molar-refractivity contribution in [3.05, 3.63) is 48.4 Å². The smallest absolute Gasteiger partial charge is 0.149 e. The number of allylic oxidation sites excluding steroid dienone is 2. The number of aromatic nitrogens is 1. The molecule has 97 valence electrons. The Bertz CT molecular complexity index is 502. The maximum atomic E-state index is 7.56. The van der Waals surface area contributed by atoms with Gasteiger partial charge in [-0.15, -0.1) is 0 Å². The number of likely N-dealkylation sites (N-methyl/N-ethyl adjacent to an activating group) is 1. The van der Waals surface area contributed by atoms with Crippen LogP contribution in [-0.4, -0.2) is 23.5 Å². The van der Waals surface area contributed by atoms with E-state index in [2.05, 4.69) is 35.3 Å². The number of rotatable bonds is 1. The molecule has 2 heterocycles. The third-order valence-corrected chi connectivity index (χ3v) is 2.40. The molecule has 1 radical (unpaired) electrons. The average molecular weight is 311 g/mol. The molecule has 0 aromatic carbocycles. The van der Waals surface area contributed by atoms with E-state index in [1.165, 1.54) is 11.1 Å². The first kappa shape index (κ1) is 17.3. The van der Waals surface area contributed by atoms with Gasteiger partial charge < -0.3 is 4.90 Å². The van der Waals surface area contributed by atoms with E-state index in [1.54, 1.807) is 10.8 Å². The van der Waals surface area contributed by atoms with Gasteiger partial charge in [-0.3, -0.25) is 4.98 Å². The summed E-state index contributed by atoms with van der Waals surface area (Å²) >= 11 is 0.574. The van der Waals surface area contributed by atoms with Crippen LogP contribution in [0.25, 0.3) is 5.57 Å². The summed E-state index contributed by atoms with van der Waals surface area (Å²) in [5.74, 6) is 0. The standard InChI is InChI=1S/C11H12N2.C2N2S.Mn/c1-13-8-4-11(5-9-13)10-2-6-12-7-3-10;3-1-5-2-4;/h2-8H,9H2,1H3;;. The number of hydrogen-bond acceptors (Lipinski definition) is 5. The van der Waals surface area contributed by atoms with E-state index in [4.69, 9.17) is 10.5 Å². The first-order valence-electron chi connectivity index (χ1n) is 5.21. The first-order chi connectivity index (χ1) is 8.77. The second-order valence-corrected chi connectivity index (χ2v) is 4.00. The summed E-state index contributed by atoms with van der Waals surface area (Å²) in [5, 5.41) is 18.3. The van der Waals surface area contributed by atoms with Crippen molar-refractivity contribution >= 4 is 17.3 Å². The van der Waals surface area contributed by atoms with Crippen molar-refractivity contribution in [3.8, 4) is 10.8 Å². The molecular weight excluding hydrogens is 299 g/mol. The molecule has 0 atom stereocenters. The Morgan fingerprint density at radius 3 is 2.32 bits per heavy atom. The van der Waals surface area contributed by atoms with Crippen LogP contribution < -0.4 is 0 Å². The topological polar surface area (TPSA) is 63.7 Å². The molecule has 0 N–H and O–H groups in total. The number of hydrogen-bond donors (Lipinski definition) is 0. The third kappa shape index (κ3) is 6.69. The molecule has 0 amide bonds. The van der Waals surface area contributed by atoms with E-state index in [-0.39, 0.29) is 17.1 Å². The van der Waals surface area contributed by atoms with E-state index >= 15 is 0 Å². The largest absolute Gasteiger partial charge is 0.377 e. The molecule has 0 unspecified atom stereocenters. The van der Waals surface area contributed by atoms with Crippen molar-refractivity contribution in [2.75, 3.05) is 13.6 Å². The minimum absolute atomic E-state index is 0. The van der Waals surface area contributed by atoms with Gasteiger partial charge in [0.05, 0.1) is 11.8 Å². The summed E-state index contributed by atoms with van der Waals surface area (Å²) in [6, 6.07) is 4.06. The first-order valence-corrected chi connectivity index (χ1v) is 6.02. The van der Waals surface area contributed by atoms with Crippen LogP contribution in [0.5, 0.6) is 0 Å². The van der Waals surface area contributed by atoms with Crippen LogP contribution in [0.1, 0.15) is 5.56 Å². The van der Waals surface area contributed by atoms with Crippen LogP contribution in [-0.2, 0) is 17.1 Å². The van der Waals surface area contributed by atoms with Gasteiger partial charge in [0.2, 0.25) is 0 Å². The summed E-state index contributed by atoms with van der Waals surface area (Å²) in [6.07, 6.45) is 10.1. The quantitative estimate of drug-likeness (QED) is 0.589. The fourth-order valence-corrected chi connectivity index (χ4v) is 1.40. The molecule has 2 rings (SSSR count). The van der Waals surface area contributed by atoms with Crippen molar-refractivity contribution in [3.63, 3.8) is 0 Å². The van der Waals surface area contributed by atoms with E-state index in [1.807, 2.05) is 24.5 Å². The molecule has 4 nitrogen and oxygen atoms in total. The minimum Gasteiger partial charge on any atom is -0.377 e. The molecule has 1 aliphatic rings. The number of thioether (sulfide) groups is 1. The summed E-state index contributed by atoms with van der Waals surface area (Å²) in [6.45, 7) is 0.980. The molecule has 0 fully saturated rings. The van der Waals surface area contributed by atoms with Gasteiger partial charge >= 0.3 is 0 Å². The number of pyridine rings is 1. The van der Waals surface area contributed by atoms with E-state index < -0.39 is 0 Å². The second-order valence-electron chi connectivity index (χ2n) is 3.44. The van der Waals surface area contributed by atoms with Gasteiger partial charge in [0.25, 0.3) is 0 Å². The van der Waals surface area contributed by atoms with Crippen LogP contribution in [0.3, 0.4) is 0 Å². The molecule has 0 bridgehead atoms. The zero-order valence-electron chi connectivity index (χ0n) is 10.3. The zero-order valence-corrected chi connectivity index (χ0v) is 12.3. The van der Waals surface area contributed by atoms with Gasteiger partial charge in [-0.05, 0) is 35.5 Å². The molecular formula is C13H12MnN4S. The second kappa shape index (κ2) is 10.2. The number of thiocyanates is 2. The Hall–Kier alpha value is -1.72. The predicted molar refractivity (Wildman–Crippen MR) is 72.8 cm³/mol. The molecule has 0 saturated heterocycles. The van der Waals surface area contributed by atoms with Crippen LogP contribution in [0.15, 0.2) is 42.9 Å². The van der Waals surface area contributed by atoms with E-state index in [0.29, 0.717) is 11.8 Å². The van der Waals surface area contributed by atoms with Gasteiger partial charge in [0.1, 0.15) is 10.8 Å². The van der Waals surface area contributed by atoms with E-state index in [9.17, 15) is 0 Å². The monoisotopic (exact) mass is 311 g/mol. The summed E-state index contributed by atoms with van der Waals surface area (Å²) < 4.78 is 0. The van der Waals surface area contributed by atoms with Crippen molar-refractivity contribution in [2.24, 2.45) is 0 Å². The van der Waals surface area contributed by atoms with Gasteiger partial charge in [-0.25, -0.2) is 0 Å². The van der Waals surface area contributed by atoms with Crippen molar-refractivity contribution in [1.82, 2.24) is 9.88 Å². The van der Waals surface area contributed by atoms with Gasteiger partial charge in [-0.1, -0.05) is 6.08 Å². The van der Waals surface area contributed by atoms with Crippen molar-refractivity contribution in [1.29, 1.82) is 10.5 Å². The van der Waals surface area contributed by atoms with Crippen LogP contribution in [0, 0.1) is 21.3 Å². The summed E-state index contributed by atoms with van der Waals surface area (Å²) in [4.78, 5) is 6.14. The molecule has 0 aliphatic carbocycles. The van der Waals surface area contributed by atoms with Crippen molar-refractivity contribution in [2.45, 2.75) is 0 Å². The fraction of sp³-hybridized carbons (Fsp3) is 0.154. The Morgan fingerprint density at radius 2 is 1.89 bits per heavy atom. The zero-order chi connectivity index (χ0) is 13.2. The van der Waals surface area contributed by atoms with Gasteiger partial charge in [0.15, 0.2) is 0 Å². The van der Waals surface area contributed by atoms with E-state index in [0.717, 1.165) is 6.54 Å². The van der Waals surface area contributed by atoms with Crippen LogP contribution in [0.4, 0.5) is 0 Å². The molecule has 0 spiro atoms. The Labute approximate surface area is 127 Å². The predicted octanol–water partition coefficient (Wildman–Crippen LogP) is 2.60. The summed E-state index contributed by atoms with van der Waals surface area (Å²) in [5.41, 5.74) is 2.51. The molecule has 6 heteroatoms. The molecule has 0 saturated carbocycles. The molecule has 1 aromatic rings. The fourth-order valence-electron chi connectivity index (χ4n) is 1.36. The van der Waals surface area contributed by atoms with Crippen LogP contribution >= 0.6 is 11.8 Å². The van der Waals surface area contributed by atoms with Crippen molar-refractivity contribution < 1.29 is 17.1 Å². The summed E-state index contributed by atoms with van der Waals surface area (Å²) in [7, 11) is 2.07. The SMILES string of the molecule is CN1C=CC(c2ccncc2)=CC1.N#CSC#N.[Mn]. The average Bonchev–Trinajstić information content (AvgIpc) is 2.42. The third-order valence-electron chi connectivity index (χ3n) is 2.21. The Morgan fingerprint density at radius 1 is 1.26 bits per heavy atom. The maximum Gasteiger partial charge on any atom is 0.149 e. The normalized spacial score (nSPS) is 11.9. The number of nitrogens with zero attached hydrogens (tertiary/aromatic N) is 4. The maximum absolute atomic E-state index is 7.56. The Balaban J connectivity index is 0.000000471. The molecule has 1 aromatic heterocycles.